The summed E-state index contributed by atoms with van der Waals surface area (Å²) in [4.78, 5) is 20.5. The Morgan fingerprint density at radius 1 is 1.36 bits per heavy atom. The molecular formula is C16H19N3O2S. The SMILES string of the molecule is CN1C[C@@]2(CCCN(Cc3nc4ccccc4s3)C2)OC1=O. The molecule has 116 valence electrons. The molecule has 1 amide bonds. The molecule has 1 aromatic heterocycles. The van der Waals surface area contributed by atoms with E-state index in [1.807, 2.05) is 19.2 Å². The normalized spacial score (nSPS) is 26.0. The van der Waals surface area contributed by atoms with Crippen LogP contribution in [0.5, 0.6) is 0 Å². The number of likely N-dealkylation sites (N-methyl/N-ethyl adjacent to an activating group) is 1. The van der Waals surface area contributed by atoms with Crippen molar-refractivity contribution in [1.29, 1.82) is 0 Å². The molecule has 0 N–H and O–H groups in total. The number of thiazole rings is 1. The van der Waals surface area contributed by atoms with Gasteiger partial charge in [-0.3, -0.25) is 4.90 Å². The largest absolute Gasteiger partial charge is 0.440 e. The highest BCUT2D eigenvalue weighted by atomic mass is 32.1. The third kappa shape index (κ3) is 2.46. The van der Waals surface area contributed by atoms with E-state index in [1.165, 1.54) is 4.70 Å². The monoisotopic (exact) mass is 317 g/mol. The van der Waals surface area contributed by atoms with Crippen molar-refractivity contribution in [3.05, 3.63) is 29.3 Å². The molecule has 1 spiro atoms. The van der Waals surface area contributed by atoms with Crippen molar-refractivity contribution in [3.63, 3.8) is 0 Å². The molecule has 6 heteroatoms. The Morgan fingerprint density at radius 3 is 3.00 bits per heavy atom. The quantitative estimate of drug-likeness (QED) is 0.854. The standard InChI is InChI=1S/C16H19N3O2S/c1-18-10-16(21-15(18)20)7-4-8-19(11-16)9-14-17-12-5-2-3-6-13(12)22-14/h2-3,5-6H,4,7-11H2,1H3/t16-/m1/s1. The number of aromatic nitrogens is 1. The number of piperidine rings is 1. The molecule has 0 unspecified atom stereocenters. The fraction of sp³-hybridized carbons (Fsp3) is 0.500. The summed E-state index contributed by atoms with van der Waals surface area (Å²) in [6.07, 6.45) is 1.83. The van der Waals surface area contributed by atoms with Crippen LogP contribution in [0.2, 0.25) is 0 Å². The van der Waals surface area contributed by atoms with E-state index in [1.54, 1.807) is 16.2 Å². The highest BCUT2D eigenvalue weighted by Gasteiger charge is 2.46. The van der Waals surface area contributed by atoms with Crippen LogP contribution in [-0.4, -0.2) is 53.2 Å². The Kier molecular flexibility index (Phi) is 3.31. The number of hydrogen-bond acceptors (Lipinski definition) is 5. The lowest BCUT2D eigenvalue weighted by Crippen LogP contribution is -2.50. The van der Waals surface area contributed by atoms with Crippen LogP contribution in [-0.2, 0) is 11.3 Å². The maximum atomic E-state index is 11.7. The predicted octanol–water partition coefficient (Wildman–Crippen LogP) is 2.71. The van der Waals surface area contributed by atoms with Crippen molar-refractivity contribution in [2.75, 3.05) is 26.7 Å². The smallest absolute Gasteiger partial charge is 0.410 e. The second-order valence-electron chi connectivity index (χ2n) is 6.30. The maximum Gasteiger partial charge on any atom is 0.410 e. The lowest BCUT2D eigenvalue weighted by Gasteiger charge is -2.37. The fourth-order valence-electron chi connectivity index (χ4n) is 3.51. The Bertz CT molecular complexity index is 683. The van der Waals surface area contributed by atoms with Gasteiger partial charge in [0, 0.05) is 13.6 Å². The van der Waals surface area contributed by atoms with Crippen LogP contribution < -0.4 is 0 Å². The Balaban J connectivity index is 1.50. The van der Waals surface area contributed by atoms with E-state index in [9.17, 15) is 4.79 Å². The Labute approximate surface area is 133 Å². The minimum atomic E-state index is -0.319. The summed E-state index contributed by atoms with van der Waals surface area (Å²) in [5, 5.41) is 1.14. The minimum Gasteiger partial charge on any atom is -0.440 e. The molecule has 22 heavy (non-hydrogen) atoms. The number of carbonyl (C=O) groups is 1. The first kappa shape index (κ1) is 14.0. The molecule has 0 bridgehead atoms. The van der Waals surface area contributed by atoms with Crippen molar-refractivity contribution >= 4 is 27.6 Å². The van der Waals surface area contributed by atoms with Gasteiger partial charge in [0.05, 0.1) is 23.3 Å². The number of likely N-dealkylation sites (tertiary alicyclic amines) is 1. The average molecular weight is 317 g/mol. The molecule has 1 aromatic carbocycles. The number of hydrogen-bond donors (Lipinski definition) is 0. The van der Waals surface area contributed by atoms with Crippen LogP contribution in [0.1, 0.15) is 17.8 Å². The van der Waals surface area contributed by atoms with Gasteiger partial charge in [-0.05, 0) is 31.5 Å². The lowest BCUT2D eigenvalue weighted by atomic mass is 9.93. The van der Waals surface area contributed by atoms with E-state index in [4.69, 9.17) is 9.72 Å². The first-order chi connectivity index (χ1) is 10.6. The number of rotatable bonds is 2. The van der Waals surface area contributed by atoms with Gasteiger partial charge in [-0.15, -0.1) is 11.3 Å². The zero-order chi connectivity index (χ0) is 15.2. The van der Waals surface area contributed by atoms with Gasteiger partial charge in [0.15, 0.2) is 0 Å². The Morgan fingerprint density at radius 2 is 2.23 bits per heavy atom. The van der Waals surface area contributed by atoms with Gasteiger partial charge in [-0.25, -0.2) is 9.78 Å². The number of fused-ring (bicyclic) bond motifs is 1. The van der Waals surface area contributed by atoms with Crippen LogP contribution in [0.3, 0.4) is 0 Å². The molecule has 4 rings (SSSR count). The topological polar surface area (TPSA) is 45.7 Å². The molecule has 0 aliphatic carbocycles. The van der Waals surface area contributed by atoms with Crippen LogP contribution in [0.15, 0.2) is 24.3 Å². The van der Waals surface area contributed by atoms with Gasteiger partial charge in [0.25, 0.3) is 0 Å². The molecule has 2 aliphatic heterocycles. The van der Waals surface area contributed by atoms with Crippen LogP contribution in [0, 0.1) is 0 Å². The summed E-state index contributed by atoms with van der Waals surface area (Å²) in [5.41, 5.74) is 0.752. The van der Waals surface area contributed by atoms with Crippen LogP contribution in [0.25, 0.3) is 10.2 Å². The maximum absolute atomic E-state index is 11.7. The summed E-state index contributed by atoms with van der Waals surface area (Å²) in [6, 6.07) is 8.24. The molecule has 0 saturated carbocycles. The van der Waals surface area contributed by atoms with Crippen LogP contribution in [0.4, 0.5) is 4.79 Å². The first-order valence-corrected chi connectivity index (χ1v) is 8.46. The van der Waals surface area contributed by atoms with Gasteiger partial charge >= 0.3 is 6.09 Å². The second-order valence-corrected chi connectivity index (χ2v) is 7.41. The van der Waals surface area contributed by atoms with Crippen molar-refractivity contribution in [1.82, 2.24) is 14.8 Å². The van der Waals surface area contributed by atoms with E-state index in [0.717, 1.165) is 43.0 Å². The number of nitrogens with zero attached hydrogens (tertiary/aromatic N) is 3. The molecule has 0 radical (unpaired) electrons. The highest BCUT2D eigenvalue weighted by molar-refractivity contribution is 7.18. The minimum absolute atomic E-state index is 0.193. The van der Waals surface area contributed by atoms with E-state index >= 15 is 0 Å². The first-order valence-electron chi connectivity index (χ1n) is 7.65. The van der Waals surface area contributed by atoms with Gasteiger partial charge in [-0.1, -0.05) is 12.1 Å². The van der Waals surface area contributed by atoms with Crippen molar-refractivity contribution < 1.29 is 9.53 Å². The zero-order valence-electron chi connectivity index (χ0n) is 12.6. The van der Waals surface area contributed by atoms with E-state index in [0.29, 0.717) is 6.54 Å². The molecule has 2 fully saturated rings. The van der Waals surface area contributed by atoms with Gasteiger partial charge in [-0.2, -0.15) is 0 Å². The molecular weight excluding hydrogens is 298 g/mol. The number of para-hydroxylation sites is 1. The van der Waals surface area contributed by atoms with Crippen molar-refractivity contribution in [2.24, 2.45) is 0 Å². The number of ether oxygens (including phenoxy) is 1. The van der Waals surface area contributed by atoms with Crippen molar-refractivity contribution in [3.8, 4) is 0 Å². The molecule has 2 aromatic rings. The number of carbonyl (C=O) groups excluding carboxylic acids is 1. The van der Waals surface area contributed by atoms with Crippen LogP contribution >= 0.6 is 11.3 Å². The lowest BCUT2D eigenvalue weighted by molar-refractivity contribution is -0.0113. The van der Waals surface area contributed by atoms with Gasteiger partial charge in [0.1, 0.15) is 10.6 Å². The summed E-state index contributed by atoms with van der Waals surface area (Å²) >= 11 is 1.75. The molecule has 2 aliphatic rings. The summed E-state index contributed by atoms with van der Waals surface area (Å²) in [5.74, 6) is 0. The molecule has 5 nitrogen and oxygen atoms in total. The predicted molar refractivity (Wildman–Crippen MR) is 86.0 cm³/mol. The van der Waals surface area contributed by atoms with Crippen molar-refractivity contribution in [2.45, 2.75) is 25.0 Å². The summed E-state index contributed by atoms with van der Waals surface area (Å²) in [7, 11) is 1.81. The van der Waals surface area contributed by atoms with Gasteiger partial charge in [0.2, 0.25) is 0 Å². The number of amides is 1. The zero-order valence-corrected chi connectivity index (χ0v) is 13.4. The average Bonchev–Trinajstić information content (AvgIpc) is 3.00. The second kappa shape index (κ2) is 5.21. The third-order valence-corrected chi connectivity index (χ3v) is 5.48. The molecule has 1 atom stereocenters. The number of benzene rings is 1. The van der Waals surface area contributed by atoms with E-state index in [2.05, 4.69) is 17.0 Å². The fourth-order valence-corrected chi connectivity index (χ4v) is 4.52. The van der Waals surface area contributed by atoms with Gasteiger partial charge < -0.3 is 9.64 Å². The Hall–Kier alpha value is -1.66. The molecule has 3 heterocycles. The third-order valence-electron chi connectivity index (χ3n) is 4.46. The van der Waals surface area contributed by atoms with E-state index < -0.39 is 0 Å². The summed E-state index contributed by atoms with van der Waals surface area (Å²) in [6.45, 7) is 3.38. The summed E-state index contributed by atoms with van der Waals surface area (Å²) < 4.78 is 6.89. The molecule has 2 saturated heterocycles. The highest BCUT2D eigenvalue weighted by Crippen LogP contribution is 2.32. The van der Waals surface area contributed by atoms with E-state index in [-0.39, 0.29) is 11.7 Å².